The molecule has 0 bridgehead atoms. The number of anilines is 1. The number of ether oxygens (including phenoxy) is 1. The maximum atomic E-state index is 14.5. The molecule has 3 atom stereocenters. The predicted molar refractivity (Wildman–Crippen MR) is 89.6 cm³/mol. The van der Waals surface area contributed by atoms with Crippen molar-refractivity contribution in [3.05, 3.63) is 35.0 Å². The molecule has 0 saturated carbocycles. The van der Waals surface area contributed by atoms with E-state index in [-0.39, 0.29) is 12.4 Å². The van der Waals surface area contributed by atoms with E-state index >= 15 is 0 Å². The summed E-state index contributed by atoms with van der Waals surface area (Å²) in [5.41, 5.74) is 9.78. The van der Waals surface area contributed by atoms with Gasteiger partial charge in [0, 0.05) is 25.8 Å². The van der Waals surface area contributed by atoms with Crippen LogP contribution in [0.25, 0.3) is 0 Å². The molecular weight excluding hydrogens is 350 g/mol. The first kappa shape index (κ1) is 18.3. The summed E-state index contributed by atoms with van der Waals surface area (Å²) in [5.74, 6) is -3.23. The van der Waals surface area contributed by atoms with Crippen LogP contribution in [-0.4, -0.2) is 63.2 Å². The Balaban J connectivity index is 1.83. The van der Waals surface area contributed by atoms with Gasteiger partial charge in [0.1, 0.15) is 17.8 Å². The summed E-state index contributed by atoms with van der Waals surface area (Å²) < 4.78 is 35.1. The molecule has 0 radical (unpaired) electrons. The minimum Gasteiger partial charge on any atom is -0.404 e. The maximum absolute atomic E-state index is 14.5. The first-order valence-electron chi connectivity index (χ1n) is 8.08. The van der Waals surface area contributed by atoms with Gasteiger partial charge in [-0.2, -0.15) is 13.8 Å². The van der Waals surface area contributed by atoms with Crippen molar-refractivity contribution < 1.29 is 18.6 Å². The lowest BCUT2D eigenvalue weighted by atomic mass is 10.1. The van der Waals surface area contributed by atoms with E-state index in [1.54, 1.807) is 11.0 Å². The van der Waals surface area contributed by atoms with Gasteiger partial charge in [-0.3, -0.25) is 9.56 Å². The number of aromatic nitrogens is 2. The third-order valence-corrected chi connectivity index (χ3v) is 4.31. The Morgan fingerprint density at radius 2 is 2.27 bits per heavy atom. The highest BCUT2D eigenvalue weighted by atomic mass is 19.3. The third-order valence-electron chi connectivity index (χ3n) is 4.31. The zero-order valence-corrected chi connectivity index (χ0v) is 13.8. The van der Waals surface area contributed by atoms with Gasteiger partial charge in [-0.25, -0.2) is 4.79 Å². The second-order valence-electron chi connectivity index (χ2n) is 6.09. The van der Waals surface area contributed by atoms with Crippen molar-refractivity contribution in [2.45, 2.75) is 30.8 Å². The van der Waals surface area contributed by atoms with Gasteiger partial charge < -0.3 is 26.2 Å². The van der Waals surface area contributed by atoms with E-state index in [0.29, 0.717) is 23.5 Å². The van der Waals surface area contributed by atoms with Gasteiger partial charge in [0.2, 0.25) is 6.23 Å². The van der Waals surface area contributed by atoms with Crippen LogP contribution in [0.4, 0.5) is 14.6 Å². The maximum Gasteiger partial charge on any atom is 0.351 e. The van der Waals surface area contributed by atoms with Crippen LogP contribution in [0.3, 0.4) is 0 Å². The van der Waals surface area contributed by atoms with Crippen molar-refractivity contribution in [1.29, 1.82) is 0 Å². The highest BCUT2D eigenvalue weighted by molar-refractivity contribution is 5.93. The summed E-state index contributed by atoms with van der Waals surface area (Å²) >= 11 is 0. The van der Waals surface area contributed by atoms with Crippen molar-refractivity contribution in [2.24, 2.45) is 10.7 Å². The minimum atomic E-state index is -3.68. The molecule has 2 aliphatic rings. The summed E-state index contributed by atoms with van der Waals surface area (Å²) in [4.78, 5) is 21.3. The Hall–Kier alpha value is -2.53. The number of rotatable bonds is 4. The van der Waals surface area contributed by atoms with Gasteiger partial charge >= 0.3 is 11.6 Å². The van der Waals surface area contributed by atoms with Crippen LogP contribution in [-0.2, 0) is 4.74 Å². The minimum absolute atomic E-state index is 0.0203. The van der Waals surface area contributed by atoms with E-state index in [0.717, 1.165) is 12.6 Å². The molecule has 0 unspecified atom stereocenters. The molecule has 3 heterocycles. The number of aliphatic hydroxyl groups excluding tert-OH is 1. The summed E-state index contributed by atoms with van der Waals surface area (Å²) in [7, 11) is 0. The second-order valence-corrected chi connectivity index (χ2v) is 6.09. The first-order valence-corrected chi connectivity index (χ1v) is 8.08. The molecule has 26 heavy (non-hydrogen) atoms. The number of nitrogens with zero attached hydrogens (tertiary/aromatic N) is 4. The molecule has 1 saturated heterocycles. The van der Waals surface area contributed by atoms with Crippen molar-refractivity contribution in [1.82, 2.24) is 14.5 Å². The average Bonchev–Trinajstić information content (AvgIpc) is 2.81. The molecule has 0 aliphatic carbocycles. The monoisotopic (exact) mass is 370 g/mol. The second kappa shape index (κ2) is 7.00. The van der Waals surface area contributed by atoms with Crippen LogP contribution in [0.5, 0.6) is 0 Å². The standard InChI is InChI=1S/C15H20F2N6O3/c16-15(17)12(24)9(8-22-6-1-5-20-11(22)2-4-18)26-13(15)23-7-3-10(19)21-14(23)25/h2-4,7,9,12-13,24H,1,5-6,8,18H2,(H2,19,21,25)/t9-,12-,13-/m1/s1. The number of alkyl halides is 2. The van der Waals surface area contributed by atoms with E-state index in [1.807, 2.05) is 0 Å². The molecule has 9 nitrogen and oxygen atoms in total. The Labute approximate surface area is 147 Å². The Morgan fingerprint density at radius 1 is 1.50 bits per heavy atom. The molecule has 5 N–H and O–H groups in total. The lowest BCUT2D eigenvalue weighted by Crippen LogP contribution is -2.46. The third kappa shape index (κ3) is 3.27. The molecule has 0 spiro atoms. The molecule has 2 aliphatic heterocycles. The zero-order chi connectivity index (χ0) is 18.9. The van der Waals surface area contributed by atoms with E-state index in [4.69, 9.17) is 16.2 Å². The van der Waals surface area contributed by atoms with Crippen molar-refractivity contribution in [2.75, 3.05) is 25.4 Å². The lowest BCUT2D eigenvalue weighted by Gasteiger charge is -2.30. The van der Waals surface area contributed by atoms with Crippen LogP contribution in [0.1, 0.15) is 12.6 Å². The molecular formula is C15H20F2N6O3. The normalized spacial score (nSPS) is 28.5. The van der Waals surface area contributed by atoms with Gasteiger partial charge in [-0.05, 0) is 24.8 Å². The van der Waals surface area contributed by atoms with Crippen LogP contribution in [0, 0.1) is 0 Å². The average molecular weight is 370 g/mol. The Kier molecular flexibility index (Phi) is 4.92. The molecule has 3 rings (SSSR count). The number of aliphatic imine (C=N–C) groups is 1. The number of aliphatic hydroxyl groups is 1. The zero-order valence-electron chi connectivity index (χ0n) is 13.8. The fraction of sp³-hybridized carbons (Fsp3) is 0.533. The largest absolute Gasteiger partial charge is 0.404 e. The summed E-state index contributed by atoms with van der Waals surface area (Å²) in [6, 6.07) is 1.21. The smallest absolute Gasteiger partial charge is 0.351 e. The number of amidine groups is 1. The molecule has 1 aromatic rings. The summed E-state index contributed by atoms with van der Waals surface area (Å²) in [6.07, 6.45) is -0.617. The predicted octanol–water partition coefficient (Wildman–Crippen LogP) is -0.704. The van der Waals surface area contributed by atoms with Crippen LogP contribution < -0.4 is 17.2 Å². The van der Waals surface area contributed by atoms with Crippen molar-refractivity contribution in [3.8, 4) is 0 Å². The van der Waals surface area contributed by atoms with Gasteiger partial charge in [-0.1, -0.05) is 0 Å². The summed E-state index contributed by atoms with van der Waals surface area (Å²) in [5, 5.41) is 10.1. The van der Waals surface area contributed by atoms with Crippen molar-refractivity contribution >= 4 is 11.7 Å². The Bertz CT molecular complexity index is 781. The molecule has 0 aromatic carbocycles. The molecule has 1 fully saturated rings. The number of halogens is 2. The van der Waals surface area contributed by atoms with Crippen LogP contribution in [0.15, 0.2) is 34.3 Å². The van der Waals surface area contributed by atoms with Crippen molar-refractivity contribution in [3.63, 3.8) is 0 Å². The fourth-order valence-corrected chi connectivity index (χ4v) is 3.04. The lowest BCUT2D eigenvalue weighted by molar-refractivity contribution is -0.140. The Morgan fingerprint density at radius 3 is 2.96 bits per heavy atom. The highest BCUT2D eigenvalue weighted by Crippen LogP contribution is 2.42. The number of nitrogen functional groups attached to an aromatic ring is 1. The van der Waals surface area contributed by atoms with E-state index in [1.165, 1.54) is 12.3 Å². The van der Waals surface area contributed by atoms with Gasteiger partial charge in [0.25, 0.3) is 0 Å². The van der Waals surface area contributed by atoms with Gasteiger partial charge in [0.05, 0.1) is 0 Å². The van der Waals surface area contributed by atoms with Gasteiger partial charge in [0.15, 0.2) is 6.10 Å². The summed E-state index contributed by atoms with van der Waals surface area (Å²) in [6.45, 7) is 1.15. The van der Waals surface area contributed by atoms with Crippen LogP contribution in [0.2, 0.25) is 0 Å². The highest BCUT2D eigenvalue weighted by Gasteiger charge is 2.60. The van der Waals surface area contributed by atoms with E-state index in [9.17, 15) is 18.7 Å². The molecule has 0 amide bonds. The van der Waals surface area contributed by atoms with E-state index in [2.05, 4.69) is 9.98 Å². The first-order chi connectivity index (χ1) is 12.3. The van der Waals surface area contributed by atoms with Crippen LogP contribution >= 0.6 is 0 Å². The molecule has 1 aromatic heterocycles. The SMILES string of the molecule is NC=CC1=NCCCN1C[C@H]1O[C@@H](n2ccc(N)nc2=O)C(F)(F)[C@@H]1O. The quantitative estimate of drug-likeness (QED) is 0.638. The van der Waals surface area contributed by atoms with Gasteiger partial charge in [-0.15, -0.1) is 0 Å². The number of nitrogens with two attached hydrogens (primary N) is 2. The number of hydrogen-bond acceptors (Lipinski definition) is 8. The fourth-order valence-electron chi connectivity index (χ4n) is 3.04. The molecule has 142 valence electrons. The van der Waals surface area contributed by atoms with E-state index < -0.39 is 30.0 Å². The number of hydrogen-bond donors (Lipinski definition) is 3. The topological polar surface area (TPSA) is 132 Å². The molecule has 11 heteroatoms.